The number of benzene rings is 1. The molecule has 0 aliphatic heterocycles. The summed E-state index contributed by atoms with van der Waals surface area (Å²) in [6, 6.07) is 6.37. The SMILES string of the molecule is CC(=O)Nc1ccc(NC(=O)NCCCCC(=O)O)cc1. The number of amides is 3. The van der Waals surface area contributed by atoms with Gasteiger partial charge in [-0.1, -0.05) is 0 Å². The Labute approximate surface area is 122 Å². The number of anilines is 2. The third-order valence-electron chi connectivity index (χ3n) is 2.57. The number of urea groups is 1. The molecule has 7 nitrogen and oxygen atoms in total. The molecule has 1 rings (SSSR count). The second-order valence-corrected chi connectivity index (χ2v) is 4.49. The minimum absolute atomic E-state index is 0.105. The van der Waals surface area contributed by atoms with Crippen molar-refractivity contribution in [1.82, 2.24) is 5.32 Å². The minimum Gasteiger partial charge on any atom is -0.481 e. The molecule has 4 N–H and O–H groups in total. The standard InChI is InChI=1S/C14H19N3O4/c1-10(18)16-11-5-7-12(8-6-11)17-14(21)15-9-3-2-4-13(19)20/h5-8H,2-4,9H2,1H3,(H,16,18)(H,19,20)(H2,15,17,21). The van der Waals surface area contributed by atoms with Gasteiger partial charge in [-0.25, -0.2) is 4.79 Å². The van der Waals surface area contributed by atoms with Gasteiger partial charge in [0, 0.05) is 31.3 Å². The first-order valence-electron chi connectivity index (χ1n) is 6.61. The van der Waals surface area contributed by atoms with Crippen molar-refractivity contribution in [3.8, 4) is 0 Å². The Morgan fingerprint density at radius 2 is 1.57 bits per heavy atom. The Morgan fingerprint density at radius 1 is 1.00 bits per heavy atom. The molecule has 3 amide bonds. The molecular weight excluding hydrogens is 274 g/mol. The highest BCUT2D eigenvalue weighted by atomic mass is 16.4. The van der Waals surface area contributed by atoms with Crippen LogP contribution in [0.5, 0.6) is 0 Å². The zero-order valence-electron chi connectivity index (χ0n) is 11.8. The van der Waals surface area contributed by atoms with Crippen LogP contribution in [0, 0.1) is 0 Å². The molecule has 0 aromatic heterocycles. The molecule has 0 spiro atoms. The summed E-state index contributed by atoms with van der Waals surface area (Å²) < 4.78 is 0. The highest BCUT2D eigenvalue weighted by Crippen LogP contribution is 2.13. The molecule has 0 saturated heterocycles. The van der Waals surface area contributed by atoms with Crippen molar-refractivity contribution in [2.24, 2.45) is 0 Å². The van der Waals surface area contributed by atoms with Crippen LogP contribution in [-0.2, 0) is 9.59 Å². The predicted octanol–water partition coefficient (Wildman–Crippen LogP) is 2.02. The van der Waals surface area contributed by atoms with Crippen LogP contribution in [0.3, 0.4) is 0 Å². The number of rotatable bonds is 7. The lowest BCUT2D eigenvalue weighted by Crippen LogP contribution is -2.29. The first-order chi connectivity index (χ1) is 9.97. The fourth-order valence-corrected chi connectivity index (χ4v) is 1.62. The topological polar surface area (TPSA) is 108 Å². The van der Waals surface area contributed by atoms with Crippen LogP contribution < -0.4 is 16.0 Å². The maximum atomic E-state index is 11.6. The molecule has 0 aliphatic carbocycles. The number of carboxylic acid groups (broad SMARTS) is 1. The van der Waals surface area contributed by atoms with Crippen LogP contribution in [0.2, 0.25) is 0 Å². The van der Waals surface area contributed by atoms with Crippen molar-refractivity contribution >= 4 is 29.3 Å². The highest BCUT2D eigenvalue weighted by Gasteiger charge is 2.02. The van der Waals surface area contributed by atoms with Crippen LogP contribution in [0.1, 0.15) is 26.2 Å². The molecule has 0 radical (unpaired) electrons. The number of carbonyl (C=O) groups is 3. The smallest absolute Gasteiger partial charge is 0.319 e. The van der Waals surface area contributed by atoms with Crippen molar-refractivity contribution in [1.29, 1.82) is 0 Å². The Morgan fingerprint density at radius 3 is 2.10 bits per heavy atom. The van der Waals surface area contributed by atoms with Crippen LogP contribution in [-0.4, -0.2) is 29.6 Å². The monoisotopic (exact) mass is 293 g/mol. The summed E-state index contributed by atoms with van der Waals surface area (Å²) in [5.74, 6) is -0.992. The van der Waals surface area contributed by atoms with Crippen molar-refractivity contribution in [3.05, 3.63) is 24.3 Å². The largest absolute Gasteiger partial charge is 0.481 e. The molecule has 21 heavy (non-hydrogen) atoms. The van der Waals surface area contributed by atoms with Gasteiger partial charge in [-0.15, -0.1) is 0 Å². The summed E-state index contributed by atoms with van der Waals surface area (Å²) >= 11 is 0. The number of aliphatic carboxylic acids is 1. The van der Waals surface area contributed by atoms with E-state index in [1.165, 1.54) is 6.92 Å². The van der Waals surface area contributed by atoms with Gasteiger partial charge in [0.15, 0.2) is 0 Å². The van der Waals surface area contributed by atoms with E-state index in [4.69, 9.17) is 5.11 Å². The van der Waals surface area contributed by atoms with Crippen molar-refractivity contribution < 1.29 is 19.5 Å². The first-order valence-corrected chi connectivity index (χ1v) is 6.61. The molecule has 0 atom stereocenters. The average Bonchev–Trinajstić information content (AvgIpc) is 2.39. The molecule has 0 heterocycles. The van der Waals surface area contributed by atoms with Gasteiger partial charge in [-0.3, -0.25) is 9.59 Å². The Kier molecular flexibility index (Phi) is 6.73. The molecule has 114 valence electrons. The van der Waals surface area contributed by atoms with Gasteiger partial charge in [-0.05, 0) is 37.1 Å². The molecule has 0 saturated carbocycles. The van der Waals surface area contributed by atoms with E-state index < -0.39 is 5.97 Å². The molecule has 0 bridgehead atoms. The van der Waals surface area contributed by atoms with E-state index in [-0.39, 0.29) is 18.4 Å². The molecule has 0 aliphatic rings. The van der Waals surface area contributed by atoms with E-state index in [0.29, 0.717) is 30.8 Å². The number of carbonyl (C=O) groups excluding carboxylic acids is 2. The fourth-order valence-electron chi connectivity index (χ4n) is 1.62. The zero-order chi connectivity index (χ0) is 15.7. The fraction of sp³-hybridized carbons (Fsp3) is 0.357. The number of hydrogen-bond donors (Lipinski definition) is 4. The van der Waals surface area contributed by atoms with Crippen LogP contribution >= 0.6 is 0 Å². The van der Waals surface area contributed by atoms with Gasteiger partial charge in [0.1, 0.15) is 0 Å². The van der Waals surface area contributed by atoms with Gasteiger partial charge < -0.3 is 21.1 Å². The van der Waals surface area contributed by atoms with E-state index in [9.17, 15) is 14.4 Å². The predicted molar refractivity (Wildman–Crippen MR) is 79.3 cm³/mol. The van der Waals surface area contributed by atoms with Gasteiger partial charge >= 0.3 is 12.0 Å². The Hall–Kier alpha value is -2.57. The summed E-state index contributed by atoms with van der Waals surface area (Å²) in [5.41, 5.74) is 1.26. The van der Waals surface area contributed by atoms with Crippen molar-refractivity contribution in [2.45, 2.75) is 26.2 Å². The van der Waals surface area contributed by atoms with E-state index in [1.807, 2.05) is 0 Å². The maximum absolute atomic E-state index is 11.6. The molecule has 0 fully saturated rings. The van der Waals surface area contributed by atoms with E-state index in [1.54, 1.807) is 24.3 Å². The zero-order valence-corrected chi connectivity index (χ0v) is 11.8. The number of unbranched alkanes of at least 4 members (excludes halogenated alkanes) is 1. The molecule has 0 unspecified atom stereocenters. The van der Waals surface area contributed by atoms with Crippen LogP contribution in [0.25, 0.3) is 0 Å². The quantitative estimate of drug-likeness (QED) is 0.577. The van der Waals surface area contributed by atoms with E-state index in [0.717, 1.165) is 0 Å². The molecule has 1 aromatic carbocycles. The number of hydrogen-bond acceptors (Lipinski definition) is 3. The van der Waals surface area contributed by atoms with Crippen LogP contribution in [0.4, 0.5) is 16.2 Å². The second-order valence-electron chi connectivity index (χ2n) is 4.49. The summed E-state index contributed by atoms with van der Waals surface area (Å²) in [6.45, 7) is 1.84. The van der Waals surface area contributed by atoms with E-state index >= 15 is 0 Å². The second kappa shape index (κ2) is 8.57. The first kappa shape index (κ1) is 16.5. The maximum Gasteiger partial charge on any atom is 0.319 e. The number of carboxylic acids is 1. The van der Waals surface area contributed by atoms with Crippen molar-refractivity contribution in [2.75, 3.05) is 17.2 Å². The van der Waals surface area contributed by atoms with Gasteiger partial charge in [-0.2, -0.15) is 0 Å². The molecular formula is C14H19N3O4. The average molecular weight is 293 g/mol. The third kappa shape index (κ3) is 7.56. The van der Waals surface area contributed by atoms with Gasteiger partial charge in [0.25, 0.3) is 0 Å². The number of nitrogens with one attached hydrogen (secondary N) is 3. The minimum atomic E-state index is -0.835. The van der Waals surface area contributed by atoms with Crippen LogP contribution in [0.15, 0.2) is 24.3 Å². The van der Waals surface area contributed by atoms with Gasteiger partial charge in [0.2, 0.25) is 5.91 Å². The third-order valence-corrected chi connectivity index (χ3v) is 2.57. The lowest BCUT2D eigenvalue weighted by atomic mass is 10.2. The van der Waals surface area contributed by atoms with Crippen molar-refractivity contribution in [3.63, 3.8) is 0 Å². The summed E-state index contributed by atoms with van der Waals surface area (Å²) in [6.07, 6.45) is 1.25. The lowest BCUT2D eigenvalue weighted by molar-refractivity contribution is -0.137. The summed E-state index contributed by atoms with van der Waals surface area (Å²) in [5, 5.41) is 16.4. The Bertz CT molecular complexity index is 499. The normalized spacial score (nSPS) is 9.76. The summed E-state index contributed by atoms with van der Waals surface area (Å²) in [7, 11) is 0. The Balaban J connectivity index is 2.27. The molecule has 7 heteroatoms. The summed E-state index contributed by atoms with van der Waals surface area (Å²) in [4.78, 5) is 32.7. The van der Waals surface area contributed by atoms with Gasteiger partial charge in [0.05, 0.1) is 0 Å². The lowest BCUT2D eigenvalue weighted by Gasteiger charge is -2.08. The van der Waals surface area contributed by atoms with E-state index in [2.05, 4.69) is 16.0 Å². The highest BCUT2D eigenvalue weighted by molar-refractivity contribution is 5.91. The molecule has 1 aromatic rings.